The molecule has 1 atom stereocenters. The molecule has 1 aliphatic heterocycles. The zero-order valence-corrected chi connectivity index (χ0v) is 14.8. The molecule has 3 aromatic rings. The standard InChI is InChI=1S/C18H16F2N4OS/c1-2-10-8-11-16(21-9-22-17(11)26-10)23-14-6-7-24(18(14)25)15-12(19)4-3-5-13(15)20/h3-5,8-9,14H,2,6-7H2,1H3,(H,21,22,23). The SMILES string of the molecule is CCc1cc2c(NC3CCN(c4c(F)cccc4F)C3=O)ncnc2s1. The zero-order chi connectivity index (χ0) is 18.3. The van der Waals surface area contributed by atoms with Crippen LogP contribution in [0.4, 0.5) is 20.3 Å². The Morgan fingerprint density at radius 2 is 2.08 bits per heavy atom. The number of rotatable bonds is 4. The van der Waals surface area contributed by atoms with E-state index < -0.39 is 17.7 Å². The third-order valence-electron chi connectivity index (χ3n) is 4.45. The molecule has 1 saturated heterocycles. The predicted molar refractivity (Wildman–Crippen MR) is 97.5 cm³/mol. The highest BCUT2D eigenvalue weighted by Crippen LogP contribution is 2.31. The lowest BCUT2D eigenvalue weighted by molar-refractivity contribution is -0.117. The summed E-state index contributed by atoms with van der Waals surface area (Å²) in [7, 11) is 0. The molecule has 1 amide bonds. The molecular formula is C18H16F2N4OS. The van der Waals surface area contributed by atoms with E-state index in [1.807, 2.05) is 6.07 Å². The molecule has 26 heavy (non-hydrogen) atoms. The minimum atomic E-state index is -0.742. The number of halogens is 2. The van der Waals surface area contributed by atoms with Crippen molar-refractivity contribution in [3.8, 4) is 0 Å². The molecule has 1 N–H and O–H groups in total. The van der Waals surface area contributed by atoms with E-state index in [0.29, 0.717) is 12.2 Å². The Bertz CT molecular complexity index is 970. The van der Waals surface area contributed by atoms with Crippen LogP contribution in [-0.2, 0) is 11.2 Å². The van der Waals surface area contributed by atoms with Crippen molar-refractivity contribution in [2.45, 2.75) is 25.8 Å². The summed E-state index contributed by atoms with van der Waals surface area (Å²) in [6.45, 7) is 2.30. The predicted octanol–water partition coefficient (Wildman–Crippen LogP) is 3.75. The van der Waals surface area contributed by atoms with Gasteiger partial charge in [0.2, 0.25) is 5.91 Å². The number of aromatic nitrogens is 2. The minimum absolute atomic E-state index is 0.242. The summed E-state index contributed by atoms with van der Waals surface area (Å²) in [5.41, 5.74) is -0.293. The molecule has 0 bridgehead atoms. The highest BCUT2D eigenvalue weighted by molar-refractivity contribution is 7.18. The van der Waals surface area contributed by atoms with Crippen molar-refractivity contribution in [3.63, 3.8) is 0 Å². The van der Waals surface area contributed by atoms with Crippen molar-refractivity contribution in [1.82, 2.24) is 9.97 Å². The van der Waals surface area contributed by atoms with Crippen LogP contribution in [0.3, 0.4) is 0 Å². The first-order valence-corrected chi connectivity index (χ1v) is 9.15. The van der Waals surface area contributed by atoms with Crippen LogP contribution in [0.15, 0.2) is 30.6 Å². The summed E-state index contributed by atoms with van der Waals surface area (Å²) in [5.74, 6) is -1.28. The molecule has 5 nitrogen and oxygen atoms in total. The Balaban J connectivity index is 1.61. The second kappa shape index (κ2) is 6.60. The second-order valence-corrected chi connectivity index (χ2v) is 7.17. The van der Waals surface area contributed by atoms with Gasteiger partial charge in [0.25, 0.3) is 0 Å². The van der Waals surface area contributed by atoms with Gasteiger partial charge in [0, 0.05) is 11.4 Å². The van der Waals surface area contributed by atoms with Crippen LogP contribution in [0.2, 0.25) is 0 Å². The fourth-order valence-electron chi connectivity index (χ4n) is 3.14. The van der Waals surface area contributed by atoms with Crippen LogP contribution in [0.1, 0.15) is 18.2 Å². The first-order chi connectivity index (χ1) is 12.6. The van der Waals surface area contributed by atoms with Crippen LogP contribution in [-0.4, -0.2) is 28.5 Å². The van der Waals surface area contributed by atoms with Crippen molar-refractivity contribution in [1.29, 1.82) is 0 Å². The number of aryl methyl sites for hydroxylation is 1. The van der Waals surface area contributed by atoms with Gasteiger partial charge in [-0.2, -0.15) is 0 Å². The second-order valence-electron chi connectivity index (χ2n) is 6.05. The van der Waals surface area contributed by atoms with Gasteiger partial charge >= 0.3 is 0 Å². The molecule has 0 radical (unpaired) electrons. The van der Waals surface area contributed by atoms with Crippen molar-refractivity contribution in [2.75, 3.05) is 16.8 Å². The summed E-state index contributed by atoms with van der Waals surface area (Å²) in [6.07, 6.45) is 2.78. The highest BCUT2D eigenvalue weighted by Gasteiger charge is 2.35. The largest absolute Gasteiger partial charge is 0.358 e. The van der Waals surface area contributed by atoms with Gasteiger partial charge < -0.3 is 10.2 Å². The van der Waals surface area contributed by atoms with E-state index in [2.05, 4.69) is 22.2 Å². The van der Waals surface area contributed by atoms with E-state index in [1.165, 1.54) is 17.3 Å². The third-order valence-corrected chi connectivity index (χ3v) is 5.64. The lowest BCUT2D eigenvalue weighted by Gasteiger charge is -2.18. The molecule has 2 aromatic heterocycles. The summed E-state index contributed by atoms with van der Waals surface area (Å²) in [5, 5.41) is 3.99. The molecule has 1 unspecified atom stereocenters. The summed E-state index contributed by atoms with van der Waals surface area (Å²) >= 11 is 1.59. The van der Waals surface area contributed by atoms with Crippen LogP contribution in [0.25, 0.3) is 10.2 Å². The van der Waals surface area contributed by atoms with E-state index in [1.54, 1.807) is 11.3 Å². The Hall–Kier alpha value is -2.61. The van der Waals surface area contributed by atoms with E-state index in [0.717, 1.165) is 33.7 Å². The summed E-state index contributed by atoms with van der Waals surface area (Å²) in [6, 6.07) is 5.01. The first kappa shape index (κ1) is 16.8. The molecule has 0 aliphatic carbocycles. The molecule has 0 saturated carbocycles. The average molecular weight is 374 g/mol. The van der Waals surface area contributed by atoms with E-state index in [9.17, 15) is 13.6 Å². The number of nitrogens with one attached hydrogen (secondary N) is 1. The van der Waals surface area contributed by atoms with Gasteiger partial charge in [0.05, 0.1) is 5.39 Å². The van der Waals surface area contributed by atoms with Gasteiger partial charge in [-0.15, -0.1) is 11.3 Å². The number of benzene rings is 1. The molecule has 0 spiro atoms. The number of nitrogens with zero attached hydrogens (tertiary/aromatic N) is 3. The number of amides is 1. The van der Waals surface area contributed by atoms with Crippen molar-refractivity contribution < 1.29 is 13.6 Å². The highest BCUT2D eigenvalue weighted by atomic mass is 32.1. The minimum Gasteiger partial charge on any atom is -0.358 e. The number of carbonyl (C=O) groups excluding carboxylic acids is 1. The van der Waals surface area contributed by atoms with Crippen LogP contribution < -0.4 is 10.2 Å². The van der Waals surface area contributed by atoms with Crippen molar-refractivity contribution in [3.05, 3.63) is 47.1 Å². The van der Waals surface area contributed by atoms with Gasteiger partial charge in [0.1, 0.15) is 40.3 Å². The number of hydrogen-bond donors (Lipinski definition) is 1. The lowest BCUT2D eigenvalue weighted by Crippen LogP contribution is -2.34. The van der Waals surface area contributed by atoms with Gasteiger partial charge in [-0.25, -0.2) is 18.7 Å². The molecule has 1 aromatic carbocycles. The monoisotopic (exact) mass is 374 g/mol. The molecule has 3 heterocycles. The van der Waals surface area contributed by atoms with Gasteiger partial charge in [-0.3, -0.25) is 4.79 Å². The molecule has 8 heteroatoms. The summed E-state index contributed by atoms with van der Waals surface area (Å²) < 4.78 is 28.0. The topological polar surface area (TPSA) is 58.1 Å². The first-order valence-electron chi connectivity index (χ1n) is 8.34. The van der Waals surface area contributed by atoms with Crippen molar-refractivity contribution in [2.24, 2.45) is 0 Å². The Kier molecular flexibility index (Phi) is 4.28. The quantitative estimate of drug-likeness (QED) is 0.756. The van der Waals surface area contributed by atoms with E-state index >= 15 is 0 Å². The fraction of sp³-hybridized carbons (Fsp3) is 0.278. The van der Waals surface area contributed by atoms with Crippen molar-refractivity contribution >= 4 is 39.0 Å². The third kappa shape index (κ3) is 2.80. The molecule has 1 fully saturated rings. The maximum atomic E-state index is 14.0. The summed E-state index contributed by atoms with van der Waals surface area (Å²) in [4.78, 5) is 24.4. The zero-order valence-electron chi connectivity index (χ0n) is 14.0. The molecule has 134 valence electrons. The molecular weight excluding hydrogens is 358 g/mol. The van der Waals surface area contributed by atoms with E-state index in [-0.39, 0.29) is 18.1 Å². The Labute approximate surface area is 152 Å². The van der Waals surface area contributed by atoms with Gasteiger partial charge in [-0.05, 0) is 31.0 Å². The van der Waals surface area contributed by atoms with Crippen LogP contribution >= 0.6 is 11.3 Å². The Morgan fingerprint density at radius 3 is 2.81 bits per heavy atom. The van der Waals surface area contributed by atoms with Gasteiger partial charge in [-0.1, -0.05) is 13.0 Å². The molecule has 1 aliphatic rings. The number of thiophene rings is 1. The number of fused-ring (bicyclic) bond motifs is 1. The number of anilines is 2. The number of para-hydroxylation sites is 1. The van der Waals surface area contributed by atoms with E-state index in [4.69, 9.17) is 0 Å². The Morgan fingerprint density at radius 1 is 1.31 bits per heavy atom. The normalized spacial score (nSPS) is 17.3. The van der Waals surface area contributed by atoms with Crippen LogP contribution in [0, 0.1) is 11.6 Å². The average Bonchev–Trinajstić information content (AvgIpc) is 3.20. The maximum absolute atomic E-state index is 14.0. The maximum Gasteiger partial charge on any atom is 0.249 e. The van der Waals surface area contributed by atoms with Crippen LogP contribution in [0.5, 0.6) is 0 Å². The smallest absolute Gasteiger partial charge is 0.249 e. The number of hydrogen-bond acceptors (Lipinski definition) is 5. The molecule has 4 rings (SSSR count). The van der Waals surface area contributed by atoms with Gasteiger partial charge in [0.15, 0.2) is 0 Å². The number of carbonyl (C=O) groups is 1. The fourth-order valence-corrected chi connectivity index (χ4v) is 4.08. The lowest BCUT2D eigenvalue weighted by atomic mass is 10.2.